The molecule has 1 amide bonds. The first-order chi connectivity index (χ1) is 14.8. The van der Waals surface area contributed by atoms with Crippen molar-refractivity contribution in [3.05, 3.63) is 83.2 Å². The Morgan fingerprint density at radius 2 is 1.83 bits per heavy atom. The lowest BCUT2D eigenvalue weighted by Gasteiger charge is -2.26. The predicted octanol–water partition coefficient (Wildman–Crippen LogP) is 5.83. The van der Waals surface area contributed by atoms with Crippen LogP contribution in [-0.2, 0) is 0 Å². The summed E-state index contributed by atoms with van der Waals surface area (Å²) in [7, 11) is 1.62. The molecule has 3 aromatic carbocycles. The lowest BCUT2D eigenvalue weighted by Crippen LogP contribution is -2.31. The average molecular weight is 416 g/mol. The standard InChI is InChI=1S/C25H21NO3S/c1-28-22-19-12-7-11-17(16-8-3-2-4-9-16)23(19)30-24(22)25(27)26-20-14-15-29-21-13-6-5-10-18(20)21/h2-13,20H,14-15H2,1H3,(H,26,27)/t20-/m0/s1. The minimum atomic E-state index is -0.117. The normalized spacial score (nSPS) is 15.3. The van der Waals surface area contributed by atoms with E-state index in [9.17, 15) is 4.79 Å². The van der Waals surface area contributed by atoms with Gasteiger partial charge in [-0.2, -0.15) is 0 Å². The molecule has 150 valence electrons. The van der Waals surface area contributed by atoms with E-state index in [0.29, 0.717) is 17.2 Å². The quantitative estimate of drug-likeness (QED) is 0.456. The van der Waals surface area contributed by atoms with Crippen LogP contribution in [0.1, 0.15) is 27.7 Å². The van der Waals surface area contributed by atoms with Gasteiger partial charge in [-0.05, 0) is 23.3 Å². The molecule has 0 bridgehead atoms. The first kappa shape index (κ1) is 18.7. The maximum atomic E-state index is 13.3. The van der Waals surface area contributed by atoms with Crippen LogP contribution >= 0.6 is 11.3 Å². The SMILES string of the molecule is COc1c(C(=O)N[C@H]2CCOc3ccccc32)sc2c(-c3ccccc3)cccc12. The molecule has 0 aliphatic carbocycles. The first-order valence-electron chi connectivity index (χ1n) is 9.94. The van der Waals surface area contributed by atoms with Crippen molar-refractivity contribution < 1.29 is 14.3 Å². The van der Waals surface area contributed by atoms with Gasteiger partial charge in [-0.15, -0.1) is 11.3 Å². The molecule has 0 saturated carbocycles. The third-order valence-corrected chi connectivity index (χ3v) is 6.65. The summed E-state index contributed by atoms with van der Waals surface area (Å²) in [6, 6.07) is 24.1. The van der Waals surface area contributed by atoms with E-state index in [1.165, 1.54) is 11.3 Å². The molecule has 4 nitrogen and oxygen atoms in total. The second-order valence-corrected chi connectivity index (χ2v) is 8.23. The van der Waals surface area contributed by atoms with E-state index >= 15 is 0 Å². The fourth-order valence-corrected chi connectivity index (χ4v) is 5.22. The van der Waals surface area contributed by atoms with E-state index in [0.717, 1.165) is 38.9 Å². The van der Waals surface area contributed by atoms with Crippen molar-refractivity contribution in [2.75, 3.05) is 13.7 Å². The van der Waals surface area contributed by atoms with Crippen LogP contribution in [0, 0.1) is 0 Å². The molecule has 2 heterocycles. The minimum Gasteiger partial charge on any atom is -0.494 e. The summed E-state index contributed by atoms with van der Waals surface area (Å²) in [5.41, 5.74) is 3.24. The lowest BCUT2D eigenvalue weighted by atomic mass is 10.0. The van der Waals surface area contributed by atoms with Crippen molar-refractivity contribution in [1.29, 1.82) is 0 Å². The molecule has 5 heteroatoms. The van der Waals surface area contributed by atoms with E-state index in [4.69, 9.17) is 9.47 Å². The van der Waals surface area contributed by atoms with Gasteiger partial charge in [0, 0.05) is 22.1 Å². The van der Waals surface area contributed by atoms with Crippen LogP contribution in [0.25, 0.3) is 21.2 Å². The zero-order valence-electron chi connectivity index (χ0n) is 16.6. The van der Waals surface area contributed by atoms with Crippen LogP contribution in [0.5, 0.6) is 11.5 Å². The molecule has 0 unspecified atom stereocenters. The molecule has 1 aliphatic heterocycles. The number of hydrogen-bond acceptors (Lipinski definition) is 4. The second-order valence-electron chi connectivity index (χ2n) is 7.21. The smallest absolute Gasteiger partial charge is 0.265 e. The zero-order valence-corrected chi connectivity index (χ0v) is 17.4. The second kappa shape index (κ2) is 7.84. The predicted molar refractivity (Wildman–Crippen MR) is 121 cm³/mol. The van der Waals surface area contributed by atoms with Crippen molar-refractivity contribution in [2.45, 2.75) is 12.5 Å². The zero-order chi connectivity index (χ0) is 20.5. The molecule has 1 N–H and O–H groups in total. The topological polar surface area (TPSA) is 47.6 Å². The number of benzene rings is 3. The van der Waals surface area contributed by atoms with E-state index < -0.39 is 0 Å². The molecule has 1 atom stereocenters. The highest BCUT2D eigenvalue weighted by Gasteiger charge is 2.27. The van der Waals surface area contributed by atoms with Gasteiger partial charge in [0.25, 0.3) is 5.91 Å². The Balaban J connectivity index is 1.54. The average Bonchev–Trinajstić information content (AvgIpc) is 3.19. The molecule has 1 aromatic heterocycles. The number of fused-ring (bicyclic) bond motifs is 2. The number of thiophene rings is 1. The van der Waals surface area contributed by atoms with Gasteiger partial charge >= 0.3 is 0 Å². The Morgan fingerprint density at radius 3 is 2.67 bits per heavy atom. The molecule has 5 rings (SSSR count). The Hall–Kier alpha value is -3.31. The Labute approximate surface area is 179 Å². The van der Waals surface area contributed by atoms with Crippen molar-refractivity contribution in [3.63, 3.8) is 0 Å². The van der Waals surface area contributed by atoms with Gasteiger partial charge in [-0.1, -0.05) is 60.7 Å². The molecule has 4 aromatic rings. The Morgan fingerprint density at radius 1 is 1.03 bits per heavy atom. The third kappa shape index (κ3) is 3.21. The van der Waals surface area contributed by atoms with Gasteiger partial charge in [0.1, 0.15) is 16.4 Å². The number of ether oxygens (including phenoxy) is 2. The molecule has 30 heavy (non-hydrogen) atoms. The van der Waals surface area contributed by atoms with Crippen LogP contribution in [0.3, 0.4) is 0 Å². The van der Waals surface area contributed by atoms with Gasteiger partial charge in [-0.25, -0.2) is 0 Å². The maximum absolute atomic E-state index is 13.3. The summed E-state index contributed by atoms with van der Waals surface area (Å²) in [5, 5.41) is 4.16. The molecule has 0 radical (unpaired) electrons. The van der Waals surface area contributed by atoms with Crippen molar-refractivity contribution in [1.82, 2.24) is 5.32 Å². The maximum Gasteiger partial charge on any atom is 0.265 e. The number of carbonyl (C=O) groups excluding carboxylic acids is 1. The summed E-state index contributed by atoms with van der Waals surface area (Å²) in [6.45, 7) is 0.587. The molecule has 1 aliphatic rings. The van der Waals surface area contributed by atoms with E-state index in [2.05, 4.69) is 23.5 Å². The van der Waals surface area contributed by atoms with Crippen molar-refractivity contribution in [2.24, 2.45) is 0 Å². The van der Waals surface area contributed by atoms with Gasteiger partial charge in [0.2, 0.25) is 0 Å². The highest BCUT2D eigenvalue weighted by molar-refractivity contribution is 7.21. The van der Waals surface area contributed by atoms with E-state index in [1.54, 1.807) is 7.11 Å². The summed E-state index contributed by atoms with van der Waals surface area (Å²) < 4.78 is 12.5. The van der Waals surface area contributed by atoms with E-state index in [1.807, 2.05) is 54.6 Å². The minimum absolute atomic E-state index is 0.0778. The fraction of sp³-hybridized carbons (Fsp3) is 0.160. The largest absolute Gasteiger partial charge is 0.494 e. The number of hydrogen-bond donors (Lipinski definition) is 1. The number of carbonyl (C=O) groups is 1. The molecule has 0 spiro atoms. The summed E-state index contributed by atoms with van der Waals surface area (Å²) in [6.07, 6.45) is 0.741. The number of para-hydroxylation sites is 1. The van der Waals surface area contributed by atoms with Crippen molar-refractivity contribution >= 4 is 27.3 Å². The van der Waals surface area contributed by atoms with Gasteiger partial charge in [0.05, 0.1) is 19.8 Å². The van der Waals surface area contributed by atoms with E-state index in [-0.39, 0.29) is 11.9 Å². The Bertz CT molecular complexity index is 1220. The first-order valence-corrected chi connectivity index (χ1v) is 10.8. The monoisotopic (exact) mass is 415 g/mol. The van der Waals surface area contributed by atoms with Crippen molar-refractivity contribution in [3.8, 4) is 22.6 Å². The summed E-state index contributed by atoms with van der Waals surface area (Å²) in [4.78, 5) is 13.9. The van der Waals surface area contributed by atoms with Gasteiger partial charge in [-0.3, -0.25) is 4.79 Å². The third-order valence-electron chi connectivity index (χ3n) is 5.43. The highest BCUT2D eigenvalue weighted by Crippen LogP contribution is 2.43. The number of methoxy groups -OCH3 is 1. The molecule has 0 fully saturated rings. The highest BCUT2D eigenvalue weighted by atomic mass is 32.1. The van der Waals surface area contributed by atoms with Crippen LogP contribution < -0.4 is 14.8 Å². The van der Waals surface area contributed by atoms with Crippen LogP contribution in [0.2, 0.25) is 0 Å². The van der Waals surface area contributed by atoms with Crippen LogP contribution in [-0.4, -0.2) is 19.6 Å². The summed E-state index contributed by atoms with van der Waals surface area (Å²) in [5.74, 6) is 1.35. The molecular formula is C25H21NO3S. The number of amides is 1. The van der Waals surface area contributed by atoms with Crippen LogP contribution in [0.15, 0.2) is 72.8 Å². The summed E-state index contributed by atoms with van der Waals surface area (Å²) >= 11 is 1.48. The number of nitrogens with one attached hydrogen (secondary N) is 1. The fourth-order valence-electron chi connectivity index (χ4n) is 4.01. The number of rotatable bonds is 4. The van der Waals surface area contributed by atoms with Gasteiger partial charge < -0.3 is 14.8 Å². The van der Waals surface area contributed by atoms with Gasteiger partial charge in [0.15, 0.2) is 0 Å². The Kier molecular flexibility index (Phi) is 4.89. The lowest BCUT2D eigenvalue weighted by molar-refractivity contribution is 0.0926. The molecule has 0 saturated heterocycles. The van der Waals surface area contributed by atoms with Crippen LogP contribution in [0.4, 0.5) is 0 Å². The molecular weight excluding hydrogens is 394 g/mol.